The number of nitrogens with two attached hydrogens (primary N) is 1. The minimum atomic E-state index is -4.60. The van der Waals surface area contributed by atoms with E-state index in [1.807, 2.05) is 19.1 Å². The molecule has 0 amide bonds. The molecule has 110 valence electrons. The van der Waals surface area contributed by atoms with Crippen molar-refractivity contribution in [1.29, 1.82) is 0 Å². The Balaban J connectivity index is 2.37. The number of nitrogens with zero attached hydrogens (tertiary/aromatic N) is 3. The van der Waals surface area contributed by atoms with Gasteiger partial charge in [-0.25, -0.2) is 4.68 Å². The summed E-state index contributed by atoms with van der Waals surface area (Å²) in [6.45, 7) is 3.65. The van der Waals surface area contributed by atoms with Crippen molar-refractivity contribution >= 4 is 16.9 Å². The summed E-state index contributed by atoms with van der Waals surface area (Å²) in [5.41, 5.74) is 6.84. The van der Waals surface area contributed by atoms with E-state index in [1.165, 1.54) is 4.68 Å². The van der Waals surface area contributed by atoms with Crippen molar-refractivity contribution in [3.05, 3.63) is 35.0 Å². The van der Waals surface area contributed by atoms with Gasteiger partial charge in [-0.1, -0.05) is 12.1 Å². The number of rotatable bonds is 1. The van der Waals surface area contributed by atoms with Crippen molar-refractivity contribution in [2.75, 3.05) is 5.73 Å². The van der Waals surface area contributed by atoms with Crippen LogP contribution in [-0.2, 0) is 6.18 Å². The molecule has 0 aliphatic carbocycles. The predicted molar refractivity (Wildman–Crippen MR) is 72.1 cm³/mol. The largest absolute Gasteiger partial charge is 0.436 e. The molecule has 0 fully saturated rings. The van der Waals surface area contributed by atoms with E-state index in [-0.39, 0.29) is 16.9 Å². The molecule has 0 atom stereocenters. The van der Waals surface area contributed by atoms with Gasteiger partial charge in [-0.3, -0.25) is 5.10 Å². The standard InChI is InChI=1S/C13H12F3N5/c1-6-3-4-7(2)8(5-6)21-12-9(11(17)18-19-12)10(20-21)13(14,15)16/h3-5H,1-2H3,(H3,17,18,19). The molecule has 2 aromatic heterocycles. The Bertz CT molecular complexity index is 828. The molecule has 2 heterocycles. The maximum atomic E-state index is 13.1. The topological polar surface area (TPSA) is 72.5 Å². The van der Waals surface area contributed by atoms with Gasteiger partial charge in [-0.05, 0) is 31.0 Å². The van der Waals surface area contributed by atoms with Gasteiger partial charge in [-0.2, -0.15) is 23.4 Å². The molecular formula is C13H12F3N5. The van der Waals surface area contributed by atoms with E-state index in [9.17, 15) is 13.2 Å². The smallest absolute Gasteiger partial charge is 0.383 e. The molecule has 3 aromatic rings. The van der Waals surface area contributed by atoms with Crippen LogP contribution in [0.3, 0.4) is 0 Å². The number of aryl methyl sites for hydroxylation is 2. The molecule has 8 heteroatoms. The zero-order valence-electron chi connectivity index (χ0n) is 11.3. The molecule has 0 radical (unpaired) electrons. The molecule has 5 nitrogen and oxygen atoms in total. The SMILES string of the molecule is Cc1ccc(C)c(-n2nc(C(F)(F)F)c3c(N)[nH]nc32)c1. The van der Waals surface area contributed by atoms with Crippen LogP contribution >= 0.6 is 0 Å². The van der Waals surface area contributed by atoms with Crippen LogP contribution in [0.25, 0.3) is 16.7 Å². The lowest BCUT2D eigenvalue weighted by Gasteiger charge is -2.07. The van der Waals surface area contributed by atoms with Gasteiger partial charge in [0.2, 0.25) is 0 Å². The van der Waals surface area contributed by atoms with Crippen LogP contribution in [0.1, 0.15) is 16.8 Å². The molecular weight excluding hydrogens is 283 g/mol. The van der Waals surface area contributed by atoms with Crippen molar-refractivity contribution in [2.45, 2.75) is 20.0 Å². The lowest BCUT2D eigenvalue weighted by Crippen LogP contribution is -2.09. The summed E-state index contributed by atoms with van der Waals surface area (Å²) >= 11 is 0. The molecule has 0 spiro atoms. The van der Waals surface area contributed by atoms with Crippen LogP contribution in [0.15, 0.2) is 18.2 Å². The van der Waals surface area contributed by atoms with Gasteiger partial charge < -0.3 is 5.73 Å². The normalized spacial score (nSPS) is 12.2. The first kappa shape index (κ1) is 13.5. The van der Waals surface area contributed by atoms with Gasteiger partial charge in [0.25, 0.3) is 0 Å². The molecule has 0 saturated heterocycles. The number of aromatic nitrogens is 4. The number of nitrogens with one attached hydrogen (secondary N) is 1. The Morgan fingerprint density at radius 3 is 2.62 bits per heavy atom. The van der Waals surface area contributed by atoms with Crippen molar-refractivity contribution in [3.63, 3.8) is 0 Å². The maximum absolute atomic E-state index is 13.1. The second kappa shape index (κ2) is 4.24. The van der Waals surface area contributed by atoms with Gasteiger partial charge in [0.05, 0.1) is 11.1 Å². The number of fused-ring (bicyclic) bond motifs is 1. The summed E-state index contributed by atoms with van der Waals surface area (Å²) in [4.78, 5) is 0. The number of H-pyrrole nitrogens is 1. The molecule has 0 unspecified atom stereocenters. The summed E-state index contributed by atoms with van der Waals surface area (Å²) in [6, 6.07) is 5.46. The van der Waals surface area contributed by atoms with Crippen LogP contribution < -0.4 is 5.73 Å². The number of halogens is 3. The van der Waals surface area contributed by atoms with Gasteiger partial charge >= 0.3 is 6.18 Å². The zero-order valence-corrected chi connectivity index (χ0v) is 11.3. The fourth-order valence-corrected chi connectivity index (χ4v) is 2.24. The van der Waals surface area contributed by atoms with E-state index in [4.69, 9.17) is 5.73 Å². The van der Waals surface area contributed by atoms with Crippen LogP contribution in [0.2, 0.25) is 0 Å². The lowest BCUT2D eigenvalue weighted by atomic mass is 10.1. The van der Waals surface area contributed by atoms with Crippen LogP contribution in [0.4, 0.5) is 19.0 Å². The number of alkyl halides is 3. The Labute approximate surface area is 117 Å². The Hall–Kier alpha value is -2.51. The molecule has 0 saturated carbocycles. The first-order valence-corrected chi connectivity index (χ1v) is 6.16. The lowest BCUT2D eigenvalue weighted by molar-refractivity contribution is -0.140. The maximum Gasteiger partial charge on any atom is 0.436 e. The minimum Gasteiger partial charge on any atom is -0.383 e. The molecule has 0 aliphatic rings. The van der Waals surface area contributed by atoms with Crippen LogP contribution in [-0.4, -0.2) is 20.0 Å². The summed E-state index contributed by atoms with van der Waals surface area (Å²) in [6.07, 6.45) is -4.60. The van der Waals surface area contributed by atoms with E-state index in [1.54, 1.807) is 13.0 Å². The second-order valence-electron chi connectivity index (χ2n) is 4.88. The molecule has 0 bridgehead atoms. The number of hydrogen-bond acceptors (Lipinski definition) is 3. The number of benzene rings is 1. The average Bonchev–Trinajstić information content (AvgIpc) is 2.93. The van der Waals surface area contributed by atoms with Crippen LogP contribution in [0.5, 0.6) is 0 Å². The molecule has 0 aliphatic heterocycles. The van der Waals surface area contributed by atoms with E-state index in [0.29, 0.717) is 5.69 Å². The fourth-order valence-electron chi connectivity index (χ4n) is 2.24. The number of aromatic amines is 1. The second-order valence-corrected chi connectivity index (χ2v) is 4.88. The van der Waals surface area contributed by atoms with Crippen molar-refractivity contribution in [3.8, 4) is 5.69 Å². The minimum absolute atomic E-state index is 0.0634. The summed E-state index contributed by atoms with van der Waals surface area (Å²) in [5.74, 6) is -0.145. The van der Waals surface area contributed by atoms with Crippen molar-refractivity contribution < 1.29 is 13.2 Å². The van der Waals surface area contributed by atoms with Crippen molar-refractivity contribution in [1.82, 2.24) is 20.0 Å². The fraction of sp³-hybridized carbons (Fsp3) is 0.231. The number of nitrogen functional groups attached to an aromatic ring is 1. The quantitative estimate of drug-likeness (QED) is 0.725. The van der Waals surface area contributed by atoms with E-state index < -0.39 is 11.9 Å². The average molecular weight is 295 g/mol. The highest BCUT2D eigenvalue weighted by Crippen LogP contribution is 2.37. The number of anilines is 1. The summed E-state index contributed by atoms with van der Waals surface area (Å²) in [7, 11) is 0. The molecule has 3 rings (SSSR count). The highest BCUT2D eigenvalue weighted by atomic mass is 19.4. The highest BCUT2D eigenvalue weighted by molar-refractivity contribution is 5.90. The zero-order chi connectivity index (χ0) is 15.4. The molecule has 3 N–H and O–H groups in total. The third-order valence-corrected chi connectivity index (χ3v) is 3.27. The monoisotopic (exact) mass is 295 g/mol. The number of hydrogen-bond donors (Lipinski definition) is 2. The molecule has 21 heavy (non-hydrogen) atoms. The van der Waals surface area contributed by atoms with E-state index >= 15 is 0 Å². The first-order valence-electron chi connectivity index (χ1n) is 6.16. The Morgan fingerprint density at radius 2 is 1.95 bits per heavy atom. The summed E-state index contributed by atoms with van der Waals surface area (Å²) < 4.78 is 40.5. The van der Waals surface area contributed by atoms with Gasteiger partial charge in [0, 0.05) is 0 Å². The van der Waals surface area contributed by atoms with Gasteiger partial charge in [0.1, 0.15) is 5.82 Å². The Kier molecular flexibility index (Phi) is 2.72. The van der Waals surface area contributed by atoms with E-state index in [2.05, 4.69) is 15.3 Å². The van der Waals surface area contributed by atoms with Gasteiger partial charge in [0.15, 0.2) is 11.3 Å². The van der Waals surface area contributed by atoms with Crippen molar-refractivity contribution in [2.24, 2.45) is 0 Å². The molecule has 1 aromatic carbocycles. The van der Waals surface area contributed by atoms with E-state index in [0.717, 1.165) is 11.1 Å². The predicted octanol–water partition coefficient (Wildman–Crippen LogP) is 2.97. The van der Waals surface area contributed by atoms with Crippen LogP contribution in [0, 0.1) is 13.8 Å². The summed E-state index contributed by atoms with van der Waals surface area (Å²) in [5, 5.41) is 9.71. The third kappa shape index (κ3) is 2.03. The Morgan fingerprint density at radius 1 is 1.24 bits per heavy atom. The van der Waals surface area contributed by atoms with Gasteiger partial charge in [-0.15, -0.1) is 0 Å². The highest BCUT2D eigenvalue weighted by Gasteiger charge is 2.39. The first-order chi connectivity index (χ1) is 9.79. The third-order valence-electron chi connectivity index (χ3n) is 3.27.